The first-order valence-corrected chi connectivity index (χ1v) is 11.0. The van der Waals surface area contributed by atoms with Crippen molar-refractivity contribution in [2.75, 3.05) is 31.3 Å². The summed E-state index contributed by atoms with van der Waals surface area (Å²) in [6, 6.07) is 12.7. The molecule has 1 aromatic heterocycles. The van der Waals surface area contributed by atoms with Crippen LogP contribution < -0.4 is 21.5 Å². The van der Waals surface area contributed by atoms with Gasteiger partial charge in [0.1, 0.15) is 11.4 Å². The number of likely N-dealkylation sites (N-methyl/N-ethyl adjacent to an activating group) is 1. The molecule has 0 saturated heterocycles. The van der Waals surface area contributed by atoms with Crippen LogP contribution in [-0.2, 0) is 12.8 Å². The minimum Gasteiger partial charge on any atom is -0.378 e. The number of nitrogens with one attached hydrogen (secondary N) is 2. The topological polar surface area (TPSA) is 61.4 Å². The summed E-state index contributed by atoms with van der Waals surface area (Å²) in [6.07, 6.45) is 2.59. The van der Waals surface area contributed by atoms with Crippen molar-refractivity contribution < 1.29 is 0 Å². The maximum atomic E-state index is 12.2. The number of anilines is 2. The van der Waals surface area contributed by atoms with Crippen LogP contribution in [-0.4, -0.2) is 37.6 Å². The third-order valence-electron chi connectivity index (χ3n) is 5.37. The standard InChI is InChI=1S/C23H29N3O2S/c1-4-18(12-17-10-11-29-15-17)25-21-20(22(27)23(21)28)24-14-19(26(2)3)13-16-8-6-5-7-9-16/h5-11,15,18-19,24-25H,4,12-14H2,1-3H3/t18-,19+/m1/s1. The van der Waals surface area contributed by atoms with Crippen molar-refractivity contribution >= 4 is 22.7 Å². The van der Waals surface area contributed by atoms with Crippen molar-refractivity contribution in [1.82, 2.24) is 4.90 Å². The van der Waals surface area contributed by atoms with Crippen LogP contribution in [0.1, 0.15) is 24.5 Å². The molecule has 1 heterocycles. The zero-order chi connectivity index (χ0) is 20.8. The minimum atomic E-state index is -0.421. The van der Waals surface area contributed by atoms with Gasteiger partial charge in [-0.3, -0.25) is 9.59 Å². The molecule has 0 radical (unpaired) electrons. The van der Waals surface area contributed by atoms with Gasteiger partial charge in [-0.25, -0.2) is 0 Å². The molecule has 2 atom stereocenters. The Morgan fingerprint density at radius 2 is 1.69 bits per heavy atom. The van der Waals surface area contributed by atoms with E-state index in [1.807, 2.05) is 32.3 Å². The number of hydrogen-bond acceptors (Lipinski definition) is 6. The Labute approximate surface area is 176 Å². The van der Waals surface area contributed by atoms with Gasteiger partial charge in [0, 0.05) is 18.6 Å². The van der Waals surface area contributed by atoms with Crippen molar-refractivity contribution in [3.63, 3.8) is 0 Å². The van der Waals surface area contributed by atoms with E-state index in [4.69, 9.17) is 0 Å². The molecule has 154 valence electrons. The van der Waals surface area contributed by atoms with Crippen LogP contribution in [0, 0.1) is 0 Å². The molecule has 0 spiro atoms. The highest BCUT2D eigenvalue weighted by molar-refractivity contribution is 7.07. The molecule has 0 aliphatic heterocycles. The van der Waals surface area contributed by atoms with Gasteiger partial charge < -0.3 is 15.5 Å². The molecule has 3 aromatic rings. The molecule has 3 rings (SSSR count). The third kappa shape index (κ3) is 5.34. The van der Waals surface area contributed by atoms with E-state index in [-0.39, 0.29) is 12.1 Å². The van der Waals surface area contributed by atoms with Gasteiger partial charge in [-0.1, -0.05) is 37.3 Å². The Bertz CT molecular complexity index is 960. The SMILES string of the molecule is CC[C@H](Cc1ccsc1)Nc1c(NC[C@H](Cc2ccccc2)N(C)C)c(=O)c1=O. The average molecular weight is 412 g/mol. The van der Waals surface area contributed by atoms with E-state index in [2.05, 4.69) is 51.4 Å². The van der Waals surface area contributed by atoms with Gasteiger partial charge in [0.2, 0.25) is 0 Å². The monoisotopic (exact) mass is 411 g/mol. The smallest absolute Gasteiger partial charge is 0.253 e. The first-order chi connectivity index (χ1) is 14.0. The Morgan fingerprint density at radius 1 is 0.966 bits per heavy atom. The fourth-order valence-corrected chi connectivity index (χ4v) is 4.12. The predicted molar refractivity (Wildman–Crippen MR) is 123 cm³/mol. The minimum absolute atomic E-state index is 0.127. The summed E-state index contributed by atoms with van der Waals surface area (Å²) in [5, 5.41) is 10.7. The summed E-state index contributed by atoms with van der Waals surface area (Å²) in [6.45, 7) is 2.69. The highest BCUT2D eigenvalue weighted by Gasteiger charge is 2.24. The normalized spacial score (nSPS) is 13.5. The predicted octanol–water partition coefficient (Wildman–Crippen LogP) is 3.36. The van der Waals surface area contributed by atoms with Crippen LogP contribution in [0.25, 0.3) is 0 Å². The van der Waals surface area contributed by atoms with Gasteiger partial charge in [0.15, 0.2) is 0 Å². The molecule has 0 aliphatic rings. The molecule has 2 aromatic carbocycles. The molecule has 0 aliphatic carbocycles. The lowest BCUT2D eigenvalue weighted by atomic mass is 10.0. The molecule has 0 saturated carbocycles. The summed E-state index contributed by atoms with van der Waals surface area (Å²) < 4.78 is 0. The summed E-state index contributed by atoms with van der Waals surface area (Å²) in [7, 11) is 4.06. The second-order valence-electron chi connectivity index (χ2n) is 7.68. The molecular formula is C23H29N3O2S. The van der Waals surface area contributed by atoms with E-state index in [0.717, 1.165) is 19.3 Å². The largest absolute Gasteiger partial charge is 0.378 e. The lowest BCUT2D eigenvalue weighted by Gasteiger charge is -2.27. The quantitative estimate of drug-likeness (QED) is 0.474. The van der Waals surface area contributed by atoms with Gasteiger partial charge in [-0.15, -0.1) is 0 Å². The highest BCUT2D eigenvalue weighted by Crippen LogP contribution is 2.20. The number of rotatable bonds is 11. The van der Waals surface area contributed by atoms with Gasteiger partial charge >= 0.3 is 0 Å². The van der Waals surface area contributed by atoms with Crippen LogP contribution in [0.2, 0.25) is 0 Å². The second kappa shape index (κ2) is 9.85. The molecule has 0 amide bonds. The number of hydrogen-bond donors (Lipinski definition) is 2. The summed E-state index contributed by atoms with van der Waals surface area (Å²) in [4.78, 5) is 26.5. The molecule has 29 heavy (non-hydrogen) atoms. The molecular weight excluding hydrogens is 382 g/mol. The lowest BCUT2D eigenvalue weighted by Crippen LogP contribution is -2.43. The van der Waals surface area contributed by atoms with Gasteiger partial charge in [-0.05, 0) is 61.3 Å². The van der Waals surface area contributed by atoms with Crippen molar-refractivity contribution in [2.24, 2.45) is 0 Å². The van der Waals surface area contributed by atoms with E-state index in [1.165, 1.54) is 11.1 Å². The van der Waals surface area contributed by atoms with E-state index in [0.29, 0.717) is 17.9 Å². The fourth-order valence-electron chi connectivity index (χ4n) is 3.44. The maximum Gasteiger partial charge on any atom is 0.253 e. The summed E-state index contributed by atoms with van der Waals surface area (Å²) >= 11 is 1.67. The van der Waals surface area contributed by atoms with E-state index < -0.39 is 10.9 Å². The van der Waals surface area contributed by atoms with Crippen LogP contribution in [0.3, 0.4) is 0 Å². The van der Waals surface area contributed by atoms with Crippen molar-refractivity contribution in [3.8, 4) is 0 Å². The fraction of sp³-hybridized carbons (Fsp3) is 0.391. The van der Waals surface area contributed by atoms with Gasteiger partial charge in [-0.2, -0.15) is 11.3 Å². The Morgan fingerprint density at radius 3 is 2.31 bits per heavy atom. The van der Waals surface area contributed by atoms with E-state index >= 15 is 0 Å². The van der Waals surface area contributed by atoms with Crippen LogP contribution in [0.15, 0.2) is 56.7 Å². The zero-order valence-corrected chi connectivity index (χ0v) is 18.1. The van der Waals surface area contributed by atoms with Crippen LogP contribution in [0.4, 0.5) is 11.4 Å². The third-order valence-corrected chi connectivity index (χ3v) is 6.10. The first kappa shape index (κ1) is 21.3. The van der Waals surface area contributed by atoms with Crippen molar-refractivity contribution in [3.05, 3.63) is 78.7 Å². The Hall–Kier alpha value is -2.44. The Kier molecular flexibility index (Phi) is 7.23. The second-order valence-corrected chi connectivity index (χ2v) is 8.46. The van der Waals surface area contributed by atoms with Gasteiger partial charge in [0.25, 0.3) is 10.9 Å². The first-order valence-electron chi connectivity index (χ1n) is 10.0. The molecule has 6 heteroatoms. The van der Waals surface area contributed by atoms with E-state index in [1.54, 1.807) is 11.3 Å². The van der Waals surface area contributed by atoms with Crippen LogP contribution >= 0.6 is 11.3 Å². The molecule has 5 nitrogen and oxygen atoms in total. The Balaban J connectivity index is 1.65. The maximum absolute atomic E-state index is 12.2. The van der Waals surface area contributed by atoms with Crippen molar-refractivity contribution in [2.45, 2.75) is 38.3 Å². The van der Waals surface area contributed by atoms with Gasteiger partial charge in [0.05, 0.1) is 0 Å². The van der Waals surface area contributed by atoms with Crippen molar-refractivity contribution in [1.29, 1.82) is 0 Å². The molecule has 0 fully saturated rings. The summed E-state index contributed by atoms with van der Waals surface area (Å²) in [5.41, 5.74) is 2.53. The van der Waals surface area contributed by atoms with Crippen LogP contribution in [0.5, 0.6) is 0 Å². The molecule has 0 bridgehead atoms. The molecule has 0 unspecified atom stereocenters. The number of benzene rings is 1. The average Bonchev–Trinajstić information content (AvgIpc) is 3.24. The zero-order valence-electron chi connectivity index (χ0n) is 17.3. The molecule has 2 N–H and O–H groups in total. The number of nitrogens with zero attached hydrogens (tertiary/aromatic N) is 1. The lowest BCUT2D eigenvalue weighted by molar-refractivity contribution is 0.303. The highest BCUT2D eigenvalue weighted by atomic mass is 32.1. The number of thiophene rings is 1. The summed E-state index contributed by atoms with van der Waals surface area (Å²) in [5.74, 6) is 0. The van der Waals surface area contributed by atoms with E-state index in [9.17, 15) is 9.59 Å².